The molecule has 1 heterocycles. The number of nitrogens with zero attached hydrogens (tertiary/aromatic N) is 1. The lowest BCUT2D eigenvalue weighted by molar-refractivity contribution is -0.148. The molecule has 8 nitrogen and oxygen atoms in total. The van der Waals surface area contributed by atoms with Crippen molar-refractivity contribution in [3.8, 4) is 0 Å². The number of hydroxylamine groups is 2. The van der Waals surface area contributed by atoms with Crippen LogP contribution in [-0.2, 0) is 4.79 Å². The zero-order valence-electron chi connectivity index (χ0n) is 13.4. The number of hydrogen-bond donors (Lipinski definition) is 4. The van der Waals surface area contributed by atoms with Crippen molar-refractivity contribution in [1.29, 1.82) is 0 Å². The van der Waals surface area contributed by atoms with Crippen LogP contribution >= 0.6 is 0 Å². The normalized spacial score (nSPS) is 19.9. The highest BCUT2D eigenvalue weighted by Crippen LogP contribution is 2.25. The van der Waals surface area contributed by atoms with Crippen LogP contribution in [0.3, 0.4) is 0 Å². The molecule has 130 valence electrons. The summed E-state index contributed by atoms with van der Waals surface area (Å²) in [5.41, 5.74) is 15.2. The van der Waals surface area contributed by atoms with E-state index in [1.807, 2.05) is 0 Å². The molecule has 0 spiro atoms. The van der Waals surface area contributed by atoms with Gasteiger partial charge >= 0.3 is 0 Å². The summed E-state index contributed by atoms with van der Waals surface area (Å²) in [5.74, 6) is -3.00. The highest BCUT2D eigenvalue weighted by atomic mass is 16.5. The minimum Gasteiger partial charge on any atom is -0.366 e. The molecule has 0 bridgehead atoms. The first-order chi connectivity index (χ1) is 11.2. The molecule has 0 radical (unpaired) electrons. The first kappa shape index (κ1) is 18.2. The molecule has 2 rings (SSSR count). The molecule has 1 aromatic carbocycles. The number of ketones is 2. The number of primary amides is 1. The Labute approximate surface area is 139 Å². The van der Waals surface area contributed by atoms with Gasteiger partial charge in [0.15, 0.2) is 11.6 Å². The van der Waals surface area contributed by atoms with Crippen LogP contribution in [-0.4, -0.2) is 46.0 Å². The third-order valence-electron chi connectivity index (χ3n) is 4.53. The lowest BCUT2D eigenvalue weighted by atomic mass is 9.81. The molecule has 0 aromatic heterocycles. The Hall–Kier alpha value is -2.13. The van der Waals surface area contributed by atoms with Gasteiger partial charge in [-0.3, -0.25) is 14.4 Å². The van der Waals surface area contributed by atoms with Crippen LogP contribution in [0.4, 0.5) is 0 Å². The predicted molar refractivity (Wildman–Crippen MR) is 86.1 cm³/mol. The van der Waals surface area contributed by atoms with Crippen LogP contribution < -0.4 is 17.2 Å². The Kier molecular flexibility index (Phi) is 5.14. The maximum absolute atomic E-state index is 12.7. The van der Waals surface area contributed by atoms with Gasteiger partial charge in [0.25, 0.3) is 0 Å². The highest BCUT2D eigenvalue weighted by molar-refractivity contribution is 6.12. The molecule has 24 heavy (non-hydrogen) atoms. The maximum Gasteiger partial charge on any atom is 0.249 e. The molecule has 1 aliphatic heterocycles. The van der Waals surface area contributed by atoms with Crippen molar-refractivity contribution in [1.82, 2.24) is 5.06 Å². The van der Waals surface area contributed by atoms with E-state index in [0.717, 1.165) is 5.06 Å². The Morgan fingerprint density at radius 3 is 2.33 bits per heavy atom. The number of amides is 1. The number of rotatable bonds is 6. The molecule has 2 unspecified atom stereocenters. The Bertz CT molecular complexity index is 674. The first-order valence-electron chi connectivity index (χ1n) is 7.68. The minimum absolute atomic E-state index is 0.00734. The summed E-state index contributed by atoms with van der Waals surface area (Å²) in [6, 6.07) is 5.16. The van der Waals surface area contributed by atoms with Crippen molar-refractivity contribution in [2.24, 2.45) is 23.1 Å². The largest absolute Gasteiger partial charge is 0.366 e. The van der Waals surface area contributed by atoms with Crippen LogP contribution in [0, 0.1) is 5.92 Å². The summed E-state index contributed by atoms with van der Waals surface area (Å²) in [6.07, 6.45) is 1.14. The molecule has 2 atom stereocenters. The molecule has 1 saturated heterocycles. The van der Waals surface area contributed by atoms with Gasteiger partial charge in [-0.15, -0.1) is 0 Å². The van der Waals surface area contributed by atoms with E-state index in [1.165, 1.54) is 19.1 Å². The highest BCUT2D eigenvalue weighted by Gasteiger charge is 2.45. The summed E-state index contributed by atoms with van der Waals surface area (Å²) < 4.78 is 0. The lowest BCUT2D eigenvalue weighted by Crippen LogP contribution is -2.64. The number of carbonyl (C=O) groups is 3. The van der Waals surface area contributed by atoms with Gasteiger partial charge in [-0.1, -0.05) is 25.1 Å². The summed E-state index contributed by atoms with van der Waals surface area (Å²) in [6.45, 7) is 1.82. The molecule has 1 amide bonds. The summed E-state index contributed by atoms with van der Waals surface area (Å²) in [4.78, 5) is 36.8. The molecular formula is C16H22N4O4. The Morgan fingerprint density at radius 1 is 1.25 bits per heavy atom. The quantitative estimate of drug-likeness (QED) is 0.409. The number of benzene rings is 1. The topological polar surface area (TPSA) is 153 Å². The third-order valence-corrected chi connectivity index (χ3v) is 4.53. The molecular weight excluding hydrogens is 312 g/mol. The SMILES string of the molecule is CC(C(=O)C1CCCN1O)C(N)(N)C(=O)c1ccccc1C(N)=O. The fraction of sp³-hybridized carbons (Fsp3) is 0.438. The van der Waals surface area contributed by atoms with Gasteiger partial charge in [-0.25, -0.2) is 0 Å². The van der Waals surface area contributed by atoms with Crippen molar-refractivity contribution in [2.45, 2.75) is 31.5 Å². The van der Waals surface area contributed by atoms with Crippen LogP contribution in [0.1, 0.15) is 40.5 Å². The van der Waals surface area contributed by atoms with Crippen molar-refractivity contribution >= 4 is 17.5 Å². The van der Waals surface area contributed by atoms with Crippen molar-refractivity contribution in [2.75, 3.05) is 6.54 Å². The van der Waals surface area contributed by atoms with Crippen LogP contribution in [0.15, 0.2) is 24.3 Å². The number of nitrogens with two attached hydrogens (primary N) is 3. The van der Waals surface area contributed by atoms with Gasteiger partial charge in [0, 0.05) is 12.1 Å². The van der Waals surface area contributed by atoms with Crippen LogP contribution in [0.25, 0.3) is 0 Å². The van der Waals surface area contributed by atoms with E-state index in [9.17, 15) is 19.6 Å². The number of Topliss-reactive ketones (excluding diaryl/α,β-unsaturated/α-hetero) is 2. The lowest BCUT2D eigenvalue weighted by Gasteiger charge is -2.32. The second-order valence-corrected chi connectivity index (χ2v) is 6.12. The Morgan fingerprint density at radius 2 is 1.83 bits per heavy atom. The van der Waals surface area contributed by atoms with Gasteiger partial charge in [0.2, 0.25) is 5.91 Å². The van der Waals surface area contributed by atoms with Gasteiger partial charge in [0.1, 0.15) is 5.66 Å². The van der Waals surface area contributed by atoms with Crippen molar-refractivity contribution in [3.63, 3.8) is 0 Å². The predicted octanol–water partition coefficient (Wildman–Crippen LogP) is -0.359. The van der Waals surface area contributed by atoms with Crippen molar-refractivity contribution < 1.29 is 19.6 Å². The second-order valence-electron chi connectivity index (χ2n) is 6.12. The Balaban J connectivity index is 2.30. The molecule has 1 fully saturated rings. The molecule has 0 saturated carbocycles. The molecule has 8 heteroatoms. The smallest absolute Gasteiger partial charge is 0.249 e. The van der Waals surface area contributed by atoms with E-state index in [2.05, 4.69) is 0 Å². The molecule has 0 aliphatic carbocycles. The average molecular weight is 334 g/mol. The van der Waals surface area contributed by atoms with Gasteiger partial charge in [-0.05, 0) is 18.9 Å². The van der Waals surface area contributed by atoms with E-state index in [0.29, 0.717) is 19.4 Å². The molecule has 1 aliphatic rings. The zero-order valence-corrected chi connectivity index (χ0v) is 13.4. The third kappa shape index (κ3) is 3.22. The van der Waals surface area contributed by atoms with Gasteiger partial charge < -0.3 is 22.4 Å². The fourth-order valence-corrected chi connectivity index (χ4v) is 2.89. The van der Waals surface area contributed by atoms with E-state index in [-0.39, 0.29) is 11.1 Å². The number of carbonyl (C=O) groups excluding carboxylic acids is 3. The van der Waals surface area contributed by atoms with Gasteiger partial charge in [0.05, 0.1) is 17.5 Å². The number of hydrogen-bond acceptors (Lipinski definition) is 7. The molecule has 1 aromatic rings. The maximum atomic E-state index is 12.7. The van der Waals surface area contributed by atoms with E-state index < -0.39 is 35.1 Å². The van der Waals surface area contributed by atoms with E-state index in [4.69, 9.17) is 17.2 Å². The standard InChI is InChI=1S/C16H22N4O4/c1-9(13(21)12-7-4-8-20(12)24)16(18,19)14(22)10-5-2-3-6-11(10)15(17)23/h2-3,5-6,9,12,24H,4,7-8,18-19H2,1H3,(H2,17,23). The average Bonchev–Trinajstić information content (AvgIpc) is 2.98. The molecule has 7 N–H and O–H groups in total. The van der Waals surface area contributed by atoms with Crippen molar-refractivity contribution in [3.05, 3.63) is 35.4 Å². The van der Waals surface area contributed by atoms with Crippen LogP contribution in [0.2, 0.25) is 0 Å². The summed E-state index contributed by atoms with van der Waals surface area (Å²) >= 11 is 0. The zero-order chi connectivity index (χ0) is 18.1. The summed E-state index contributed by atoms with van der Waals surface area (Å²) in [7, 11) is 0. The fourth-order valence-electron chi connectivity index (χ4n) is 2.89. The van der Waals surface area contributed by atoms with Gasteiger partial charge in [-0.2, -0.15) is 5.06 Å². The monoisotopic (exact) mass is 334 g/mol. The first-order valence-corrected chi connectivity index (χ1v) is 7.68. The van der Waals surface area contributed by atoms with E-state index >= 15 is 0 Å². The summed E-state index contributed by atoms with van der Waals surface area (Å²) in [5, 5.41) is 10.7. The second kappa shape index (κ2) is 6.78. The van der Waals surface area contributed by atoms with Crippen LogP contribution in [0.5, 0.6) is 0 Å². The van der Waals surface area contributed by atoms with E-state index in [1.54, 1.807) is 12.1 Å². The minimum atomic E-state index is -2.02.